The smallest absolute Gasteiger partial charge is 0.207 e. The van der Waals surface area contributed by atoms with E-state index in [9.17, 15) is 9.59 Å². The number of ketones is 1. The van der Waals surface area contributed by atoms with Crippen molar-refractivity contribution in [2.75, 3.05) is 0 Å². The summed E-state index contributed by atoms with van der Waals surface area (Å²) in [6.45, 7) is 0.659. The molecule has 1 saturated carbocycles. The summed E-state index contributed by atoms with van der Waals surface area (Å²) in [7, 11) is 0. The van der Waals surface area contributed by atoms with Crippen molar-refractivity contribution in [3.63, 3.8) is 0 Å². The van der Waals surface area contributed by atoms with E-state index in [-0.39, 0.29) is 16.9 Å². The van der Waals surface area contributed by atoms with Gasteiger partial charge in [0.25, 0.3) is 0 Å². The van der Waals surface area contributed by atoms with E-state index < -0.39 is 0 Å². The first-order valence-corrected chi connectivity index (χ1v) is 7.25. The molecule has 2 aromatic rings. The number of aromatic nitrogens is 1. The van der Waals surface area contributed by atoms with E-state index in [1.165, 1.54) is 0 Å². The number of hydrogen-bond acceptors (Lipinski definition) is 3. The fourth-order valence-electron chi connectivity index (χ4n) is 3.10. The molecule has 106 valence electrons. The van der Waals surface area contributed by atoms with Crippen LogP contribution in [0.15, 0.2) is 35.3 Å². The number of nitrogens with zero attached hydrogens (tertiary/aromatic N) is 2. The van der Waals surface area contributed by atoms with E-state index in [1.54, 1.807) is 18.3 Å². The lowest BCUT2D eigenvalue weighted by molar-refractivity contribution is -0.120. The minimum Gasteiger partial charge on any atom is -0.346 e. The van der Waals surface area contributed by atoms with Gasteiger partial charge in [0.2, 0.25) is 5.43 Å². The number of para-hydroxylation sites is 1. The van der Waals surface area contributed by atoms with Gasteiger partial charge in [0.15, 0.2) is 0 Å². The Balaban J connectivity index is 1.98. The van der Waals surface area contributed by atoms with Crippen molar-refractivity contribution in [3.8, 4) is 6.07 Å². The number of nitriles is 1. The average molecular weight is 280 g/mol. The van der Waals surface area contributed by atoms with E-state index in [4.69, 9.17) is 5.26 Å². The maximum absolute atomic E-state index is 12.1. The van der Waals surface area contributed by atoms with Crippen molar-refractivity contribution in [1.82, 2.24) is 4.57 Å². The molecule has 1 atom stereocenters. The predicted molar refractivity (Wildman–Crippen MR) is 79.9 cm³/mol. The van der Waals surface area contributed by atoms with Crippen LogP contribution in [0.3, 0.4) is 0 Å². The number of rotatable bonds is 3. The van der Waals surface area contributed by atoms with Crippen LogP contribution in [0.4, 0.5) is 0 Å². The highest BCUT2D eigenvalue weighted by Gasteiger charge is 2.24. The number of Topliss-reactive ketones (excluding diaryl/α,β-unsaturated/α-hetero) is 1. The van der Waals surface area contributed by atoms with Crippen LogP contribution in [0.1, 0.15) is 31.2 Å². The van der Waals surface area contributed by atoms with Crippen LogP contribution in [0.2, 0.25) is 0 Å². The lowest BCUT2D eigenvalue weighted by Crippen LogP contribution is -2.15. The Morgan fingerprint density at radius 3 is 2.81 bits per heavy atom. The molecule has 0 saturated heterocycles. The molecule has 1 unspecified atom stereocenters. The first-order valence-electron chi connectivity index (χ1n) is 7.25. The van der Waals surface area contributed by atoms with Crippen LogP contribution in [0.25, 0.3) is 10.9 Å². The fourth-order valence-corrected chi connectivity index (χ4v) is 3.10. The molecule has 1 fully saturated rings. The minimum atomic E-state index is -0.221. The topological polar surface area (TPSA) is 62.9 Å². The molecule has 1 aromatic heterocycles. The van der Waals surface area contributed by atoms with Gasteiger partial charge in [-0.2, -0.15) is 5.26 Å². The summed E-state index contributed by atoms with van der Waals surface area (Å²) < 4.78 is 1.93. The number of fused-ring (bicyclic) bond motifs is 1. The largest absolute Gasteiger partial charge is 0.346 e. The number of benzene rings is 1. The molecule has 0 bridgehead atoms. The molecule has 0 amide bonds. The summed E-state index contributed by atoms with van der Waals surface area (Å²) in [5.74, 6) is 0.481. The Bertz CT molecular complexity index is 799. The number of carbonyl (C=O) groups excluding carboxylic acids is 1. The van der Waals surface area contributed by atoms with Gasteiger partial charge in [-0.15, -0.1) is 0 Å². The van der Waals surface area contributed by atoms with Gasteiger partial charge in [-0.1, -0.05) is 12.1 Å². The van der Waals surface area contributed by atoms with Crippen LogP contribution in [0, 0.1) is 17.2 Å². The van der Waals surface area contributed by atoms with E-state index in [1.807, 2.05) is 22.8 Å². The lowest BCUT2D eigenvalue weighted by atomic mass is 10.0. The monoisotopic (exact) mass is 280 g/mol. The highest BCUT2D eigenvalue weighted by Crippen LogP contribution is 2.25. The van der Waals surface area contributed by atoms with E-state index in [0.29, 0.717) is 24.1 Å². The highest BCUT2D eigenvalue weighted by molar-refractivity contribution is 5.83. The zero-order chi connectivity index (χ0) is 14.8. The molecule has 1 aromatic carbocycles. The summed E-state index contributed by atoms with van der Waals surface area (Å²) in [4.78, 5) is 23.9. The third-order valence-corrected chi connectivity index (χ3v) is 4.26. The van der Waals surface area contributed by atoms with Crippen molar-refractivity contribution in [2.24, 2.45) is 5.92 Å². The molecule has 3 rings (SSSR count). The van der Waals surface area contributed by atoms with E-state index in [2.05, 4.69) is 0 Å². The molecule has 0 spiro atoms. The van der Waals surface area contributed by atoms with Gasteiger partial charge in [0.1, 0.15) is 17.4 Å². The summed E-state index contributed by atoms with van der Waals surface area (Å²) >= 11 is 0. The second kappa shape index (κ2) is 5.53. The number of pyridine rings is 1. The Morgan fingerprint density at radius 2 is 2.10 bits per heavy atom. The maximum Gasteiger partial charge on any atom is 0.207 e. The van der Waals surface area contributed by atoms with Crippen LogP contribution in [-0.4, -0.2) is 10.4 Å². The second-order valence-corrected chi connectivity index (χ2v) is 5.54. The number of hydrogen-bond donors (Lipinski definition) is 0. The second-order valence-electron chi connectivity index (χ2n) is 5.54. The zero-order valence-electron chi connectivity index (χ0n) is 11.7. The molecule has 1 aliphatic carbocycles. The Labute approximate surface area is 122 Å². The van der Waals surface area contributed by atoms with Gasteiger partial charge < -0.3 is 4.57 Å². The van der Waals surface area contributed by atoms with Crippen molar-refractivity contribution in [1.29, 1.82) is 5.26 Å². The molecular weight excluding hydrogens is 264 g/mol. The molecule has 4 nitrogen and oxygen atoms in total. The Morgan fingerprint density at radius 1 is 1.29 bits per heavy atom. The summed E-state index contributed by atoms with van der Waals surface area (Å²) in [6.07, 6.45) is 5.03. The fraction of sp³-hybridized carbons (Fsp3) is 0.353. The van der Waals surface area contributed by atoms with Gasteiger partial charge >= 0.3 is 0 Å². The van der Waals surface area contributed by atoms with E-state index in [0.717, 1.165) is 24.8 Å². The molecule has 0 aliphatic heterocycles. The van der Waals surface area contributed by atoms with Gasteiger partial charge in [-0.3, -0.25) is 9.59 Å². The van der Waals surface area contributed by atoms with Crippen molar-refractivity contribution in [3.05, 3.63) is 46.2 Å². The molecule has 1 heterocycles. The summed E-state index contributed by atoms with van der Waals surface area (Å²) in [5, 5.41) is 9.67. The lowest BCUT2D eigenvalue weighted by Gasteiger charge is -2.13. The van der Waals surface area contributed by atoms with Gasteiger partial charge in [-0.25, -0.2) is 0 Å². The predicted octanol–water partition coefficient (Wildman–Crippen LogP) is 2.63. The first kappa shape index (κ1) is 13.6. The quantitative estimate of drug-likeness (QED) is 0.868. The SMILES string of the molecule is N#Cc1cn(CCC2CCCC2=O)c2ccccc2c1=O. The highest BCUT2D eigenvalue weighted by atomic mass is 16.1. The minimum absolute atomic E-state index is 0.133. The van der Waals surface area contributed by atoms with Gasteiger partial charge in [0.05, 0.1) is 5.52 Å². The molecule has 0 N–H and O–H groups in total. The van der Waals surface area contributed by atoms with Crippen LogP contribution >= 0.6 is 0 Å². The third kappa shape index (κ3) is 2.47. The normalized spacial score (nSPS) is 18.0. The Kier molecular flexibility index (Phi) is 3.57. The summed E-state index contributed by atoms with van der Waals surface area (Å²) in [6, 6.07) is 9.27. The molecule has 1 aliphatic rings. The molecule has 21 heavy (non-hydrogen) atoms. The Hall–Kier alpha value is -2.41. The standard InChI is InChI=1S/C17H16N2O2/c18-10-13-11-19(9-8-12-4-3-7-16(12)20)15-6-2-1-5-14(15)17(13)21/h1-2,5-6,11-12H,3-4,7-9H2. The van der Waals surface area contributed by atoms with Crippen LogP contribution < -0.4 is 5.43 Å². The number of aryl methyl sites for hydroxylation is 1. The molecule has 0 radical (unpaired) electrons. The van der Waals surface area contributed by atoms with E-state index >= 15 is 0 Å². The van der Waals surface area contributed by atoms with Gasteiger partial charge in [0, 0.05) is 30.5 Å². The van der Waals surface area contributed by atoms with Crippen LogP contribution in [-0.2, 0) is 11.3 Å². The van der Waals surface area contributed by atoms with Crippen LogP contribution in [0.5, 0.6) is 0 Å². The number of carbonyl (C=O) groups is 1. The van der Waals surface area contributed by atoms with Crippen molar-refractivity contribution >= 4 is 16.7 Å². The van der Waals surface area contributed by atoms with Crippen molar-refractivity contribution < 1.29 is 4.79 Å². The third-order valence-electron chi connectivity index (χ3n) is 4.26. The average Bonchev–Trinajstić information content (AvgIpc) is 2.92. The van der Waals surface area contributed by atoms with Gasteiger partial charge in [-0.05, 0) is 31.4 Å². The zero-order valence-corrected chi connectivity index (χ0v) is 11.7. The first-order chi connectivity index (χ1) is 10.2. The van der Waals surface area contributed by atoms with Crippen molar-refractivity contribution in [2.45, 2.75) is 32.2 Å². The maximum atomic E-state index is 12.1. The summed E-state index contributed by atoms with van der Waals surface area (Å²) in [5.41, 5.74) is 0.764. The molecule has 4 heteroatoms. The molecular formula is C17H16N2O2.